The van der Waals surface area contributed by atoms with Crippen LogP contribution in [0.1, 0.15) is 24.0 Å². The zero-order valence-electron chi connectivity index (χ0n) is 15.4. The number of methoxy groups -OCH3 is 2. The first kappa shape index (κ1) is 18.4. The molecule has 0 bridgehead atoms. The van der Waals surface area contributed by atoms with Crippen LogP contribution in [0.5, 0.6) is 11.5 Å². The number of ether oxygens (including phenoxy) is 2. The van der Waals surface area contributed by atoms with Crippen molar-refractivity contribution in [2.24, 2.45) is 0 Å². The van der Waals surface area contributed by atoms with Crippen molar-refractivity contribution in [3.63, 3.8) is 0 Å². The van der Waals surface area contributed by atoms with Crippen LogP contribution in [0.4, 0.5) is 0 Å². The largest absolute Gasteiger partial charge is 0.493 e. The Morgan fingerprint density at radius 2 is 1.92 bits per heavy atom. The second-order valence-electron chi connectivity index (χ2n) is 6.77. The Morgan fingerprint density at radius 3 is 2.60 bits per heavy atom. The molecule has 1 aromatic carbocycles. The normalized spacial score (nSPS) is 20.9. The molecule has 1 fully saturated rings. The Hall–Kier alpha value is -1.40. The van der Waals surface area contributed by atoms with Gasteiger partial charge in [0.05, 0.1) is 20.0 Å². The van der Waals surface area contributed by atoms with E-state index in [2.05, 4.69) is 21.9 Å². The maximum absolute atomic E-state index is 12.2. The van der Waals surface area contributed by atoms with Crippen molar-refractivity contribution < 1.29 is 14.3 Å². The molecule has 1 aromatic rings. The van der Waals surface area contributed by atoms with Crippen LogP contribution in [0.2, 0.25) is 0 Å². The highest BCUT2D eigenvalue weighted by Gasteiger charge is 2.30. The van der Waals surface area contributed by atoms with Crippen molar-refractivity contribution in [3.05, 3.63) is 23.3 Å². The van der Waals surface area contributed by atoms with Crippen LogP contribution in [0.3, 0.4) is 0 Å². The van der Waals surface area contributed by atoms with Crippen molar-refractivity contribution in [1.82, 2.24) is 9.80 Å². The first-order valence-electron chi connectivity index (χ1n) is 8.90. The molecule has 6 heteroatoms. The topological polar surface area (TPSA) is 42.0 Å². The number of rotatable bonds is 5. The molecule has 0 aliphatic carbocycles. The van der Waals surface area contributed by atoms with Crippen molar-refractivity contribution in [1.29, 1.82) is 0 Å². The maximum Gasteiger partial charge on any atom is 0.232 e. The number of hydrogen-bond acceptors (Lipinski definition) is 5. The van der Waals surface area contributed by atoms with Gasteiger partial charge in [-0.3, -0.25) is 9.69 Å². The number of carbonyl (C=O) groups excluding carboxylic acids is 1. The lowest BCUT2D eigenvalue weighted by Gasteiger charge is -2.41. The summed E-state index contributed by atoms with van der Waals surface area (Å²) >= 11 is 1.61. The fourth-order valence-corrected chi connectivity index (χ4v) is 4.34. The maximum atomic E-state index is 12.2. The fourth-order valence-electron chi connectivity index (χ4n) is 3.91. The molecule has 25 heavy (non-hydrogen) atoms. The molecule has 1 atom stereocenters. The van der Waals surface area contributed by atoms with E-state index in [-0.39, 0.29) is 5.91 Å². The molecule has 2 aliphatic heterocycles. The summed E-state index contributed by atoms with van der Waals surface area (Å²) in [5.41, 5.74) is 2.66. The predicted molar refractivity (Wildman–Crippen MR) is 102 cm³/mol. The number of hydrogen-bond donors (Lipinski definition) is 0. The van der Waals surface area contributed by atoms with Gasteiger partial charge in [-0.05, 0) is 48.8 Å². The molecule has 1 saturated heterocycles. The third-order valence-electron chi connectivity index (χ3n) is 5.28. The van der Waals surface area contributed by atoms with Gasteiger partial charge in [0.15, 0.2) is 11.5 Å². The Morgan fingerprint density at radius 1 is 1.20 bits per heavy atom. The zero-order valence-corrected chi connectivity index (χ0v) is 16.2. The third-order valence-corrected chi connectivity index (χ3v) is 5.82. The number of thioether (sulfide) groups is 1. The molecule has 5 nitrogen and oxygen atoms in total. The molecule has 0 radical (unpaired) electrons. The van der Waals surface area contributed by atoms with Crippen molar-refractivity contribution in [2.75, 3.05) is 45.9 Å². The average molecular weight is 365 g/mol. The monoisotopic (exact) mass is 364 g/mol. The highest BCUT2D eigenvalue weighted by atomic mass is 32.2. The molecular formula is C19H28N2O3S. The van der Waals surface area contributed by atoms with Gasteiger partial charge in [0.25, 0.3) is 0 Å². The first-order valence-corrected chi connectivity index (χ1v) is 10.3. The van der Waals surface area contributed by atoms with Crippen molar-refractivity contribution in [2.45, 2.75) is 31.8 Å². The summed E-state index contributed by atoms with van der Waals surface area (Å²) in [7, 11) is 3.36. The van der Waals surface area contributed by atoms with Crippen LogP contribution in [0, 0.1) is 0 Å². The van der Waals surface area contributed by atoms with Crippen LogP contribution in [0.15, 0.2) is 12.1 Å². The van der Waals surface area contributed by atoms with E-state index in [0.717, 1.165) is 50.5 Å². The summed E-state index contributed by atoms with van der Waals surface area (Å²) in [5, 5.41) is 0. The second kappa shape index (κ2) is 8.32. The van der Waals surface area contributed by atoms with Gasteiger partial charge in [-0.15, -0.1) is 0 Å². The van der Waals surface area contributed by atoms with Gasteiger partial charge in [-0.25, -0.2) is 0 Å². The minimum atomic E-state index is 0.279. The van der Waals surface area contributed by atoms with Crippen molar-refractivity contribution in [3.8, 4) is 11.5 Å². The molecule has 0 N–H and O–H groups in total. The van der Waals surface area contributed by atoms with Crippen molar-refractivity contribution >= 4 is 17.7 Å². The molecular weight excluding hydrogens is 336 g/mol. The summed E-state index contributed by atoms with van der Waals surface area (Å²) < 4.78 is 10.9. The van der Waals surface area contributed by atoms with E-state index in [1.165, 1.54) is 17.5 Å². The van der Waals surface area contributed by atoms with E-state index >= 15 is 0 Å². The van der Waals surface area contributed by atoms with E-state index < -0.39 is 0 Å². The Kier molecular flexibility index (Phi) is 6.12. The summed E-state index contributed by atoms with van der Waals surface area (Å²) in [5.74, 6) is 2.47. The molecule has 1 unspecified atom stereocenters. The van der Waals surface area contributed by atoms with Gasteiger partial charge in [0.1, 0.15) is 0 Å². The second-order valence-corrected chi connectivity index (χ2v) is 7.63. The first-order chi connectivity index (χ1) is 12.2. The zero-order chi connectivity index (χ0) is 17.8. The van der Waals surface area contributed by atoms with E-state index in [0.29, 0.717) is 11.8 Å². The average Bonchev–Trinajstić information content (AvgIpc) is 2.66. The molecule has 1 amide bonds. The lowest BCUT2D eigenvalue weighted by atomic mass is 9.95. The van der Waals surface area contributed by atoms with E-state index in [1.807, 2.05) is 6.26 Å². The molecule has 0 spiro atoms. The van der Waals surface area contributed by atoms with E-state index in [9.17, 15) is 4.79 Å². The summed E-state index contributed by atoms with van der Waals surface area (Å²) in [4.78, 5) is 16.8. The van der Waals surface area contributed by atoms with Gasteiger partial charge < -0.3 is 14.4 Å². The lowest BCUT2D eigenvalue weighted by molar-refractivity contribution is -0.130. The van der Waals surface area contributed by atoms with Crippen LogP contribution in [-0.4, -0.2) is 67.6 Å². The van der Waals surface area contributed by atoms with E-state index in [1.54, 1.807) is 26.0 Å². The quantitative estimate of drug-likeness (QED) is 0.803. The Bertz CT molecular complexity index is 623. The highest BCUT2D eigenvalue weighted by Crippen LogP contribution is 2.34. The smallest absolute Gasteiger partial charge is 0.232 e. The molecule has 138 valence electrons. The minimum Gasteiger partial charge on any atom is -0.493 e. The van der Waals surface area contributed by atoms with Gasteiger partial charge in [-0.2, -0.15) is 11.8 Å². The van der Waals surface area contributed by atoms with Crippen LogP contribution < -0.4 is 9.47 Å². The molecule has 2 aliphatic rings. The van der Waals surface area contributed by atoms with Crippen LogP contribution in [-0.2, 0) is 17.8 Å². The molecule has 2 heterocycles. The number of carbonyl (C=O) groups is 1. The summed E-state index contributed by atoms with van der Waals surface area (Å²) in [6, 6.07) is 4.68. The third kappa shape index (κ3) is 4.06. The molecule has 3 rings (SSSR count). The number of nitrogens with zero attached hydrogens (tertiary/aromatic N) is 2. The lowest BCUT2D eigenvalue weighted by Crippen LogP contribution is -2.51. The number of piperidine rings is 1. The molecule has 0 saturated carbocycles. The Labute approximate surface area is 154 Å². The van der Waals surface area contributed by atoms with Crippen LogP contribution in [0.25, 0.3) is 0 Å². The van der Waals surface area contributed by atoms with E-state index in [4.69, 9.17) is 9.47 Å². The summed E-state index contributed by atoms with van der Waals surface area (Å²) in [6.07, 6.45) is 5.28. The predicted octanol–water partition coefficient (Wildman–Crippen LogP) is 2.42. The number of benzene rings is 1. The standard InChI is InChI=1S/C19H28N2O3S/c1-23-17-9-14-6-8-20(11-15(14)10-18(17)24-2)16-5-4-7-21(12-16)19(22)13-25-3/h9-10,16H,4-8,11-13H2,1-3H3. The van der Waals surface area contributed by atoms with Gasteiger partial charge in [-0.1, -0.05) is 0 Å². The summed E-state index contributed by atoms with van der Waals surface area (Å²) in [6.45, 7) is 3.73. The highest BCUT2D eigenvalue weighted by molar-refractivity contribution is 7.99. The van der Waals surface area contributed by atoms with Gasteiger partial charge in [0, 0.05) is 32.2 Å². The fraction of sp³-hybridized carbons (Fsp3) is 0.632. The number of fused-ring (bicyclic) bond motifs is 1. The Balaban J connectivity index is 1.70. The number of amides is 1. The van der Waals surface area contributed by atoms with Gasteiger partial charge in [0.2, 0.25) is 5.91 Å². The van der Waals surface area contributed by atoms with Gasteiger partial charge >= 0.3 is 0 Å². The SMILES string of the molecule is COc1cc2c(cc1OC)CN(C1CCCN(C(=O)CSC)C1)CC2. The molecule has 0 aromatic heterocycles. The minimum absolute atomic E-state index is 0.279. The number of likely N-dealkylation sites (tertiary alicyclic amines) is 1. The van der Waals surface area contributed by atoms with Crippen LogP contribution >= 0.6 is 11.8 Å².